The molecule has 0 aliphatic heterocycles. The van der Waals surface area contributed by atoms with Crippen LogP contribution in [-0.4, -0.2) is 59.8 Å². The van der Waals surface area contributed by atoms with Crippen molar-refractivity contribution in [3.63, 3.8) is 0 Å². The molecule has 0 aliphatic rings. The fraction of sp³-hybridized carbons (Fsp3) is 0.464. The maximum Gasteiger partial charge on any atom is 0.408 e. The Balaban J connectivity index is 2.47. The molecule has 0 heterocycles. The molecule has 3 amide bonds. The second-order valence-electron chi connectivity index (χ2n) is 9.89. The Morgan fingerprint density at radius 2 is 1.70 bits per heavy atom. The van der Waals surface area contributed by atoms with Crippen molar-refractivity contribution in [1.29, 1.82) is 0 Å². The molecule has 9 heteroatoms. The van der Waals surface area contributed by atoms with Gasteiger partial charge in [-0.05, 0) is 76.4 Å². The van der Waals surface area contributed by atoms with Crippen LogP contribution < -0.4 is 15.4 Å². The quantitative estimate of drug-likeness (QED) is 0.440. The smallest absolute Gasteiger partial charge is 0.408 e. The lowest BCUT2D eigenvalue weighted by atomic mass is 9.96. The summed E-state index contributed by atoms with van der Waals surface area (Å²) >= 11 is 0. The van der Waals surface area contributed by atoms with Crippen LogP contribution >= 0.6 is 0 Å². The average Bonchev–Trinajstić information content (AvgIpc) is 2.82. The maximum absolute atomic E-state index is 13.7. The Morgan fingerprint density at radius 1 is 1.05 bits per heavy atom. The van der Waals surface area contributed by atoms with Gasteiger partial charge in [0.1, 0.15) is 23.4 Å². The molecule has 202 valence electrons. The average molecular weight is 514 g/mol. The largest absolute Gasteiger partial charge is 0.497 e. The zero-order valence-corrected chi connectivity index (χ0v) is 22.8. The van der Waals surface area contributed by atoms with Gasteiger partial charge in [0.2, 0.25) is 5.91 Å². The van der Waals surface area contributed by atoms with Crippen LogP contribution in [0.3, 0.4) is 0 Å². The molecule has 0 aromatic heterocycles. The van der Waals surface area contributed by atoms with E-state index in [2.05, 4.69) is 10.6 Å². The summed E-state index contributed by atoms with van der Waals surface area (Å²) in [4.78, 5) is 41.2. The summed E-state index contributed by atoms with van der Waals surface area (Å²) in [6, 6.07) is 10.2. The summed E-state index contributed by atoms with van der Waals surface area (Å²) < 4.78 is 10.4. The van der Waals surface area contributed by atoms with Crippen molar-refractivity contribution >= 4 is 23.6 Å². The highest BCUT2D eigenvalue weighted by molar-refractivity contribution is 5.99. The first-order chi connectivity index (χ1) is 17.4. The van der Waals surface area contributed by atoms with Crippen LogP contribution in [0.2, 0.25) is 0 Å². The van der Waals surface area contributed by atoms with Crippen LogP contribution in [0.5, 0.6) is 5.75 Å². The molecule has 2 aromatic rings. The molecule has 2 aromatic carbocycles. The fourth-order valence-electron chi connectivity index (χ4n) is 3.91. The number of methoxy groups -OCH3 is 1. The van der Waals surface area contributed by atoms with Crippen LogP contribution in [0.4, 0.5) is 10.5 Å². The van der Waals surface area contributed by atoms with Gasteiger partial charge < -0.3 is 30.1 Å². The molecular weight excluding hydrogens is 474 g/mol. The van der Waals surface area contributed by atoms with E-state index >= 15 is 0 Å². The molecule has 0 saturated carbocycles. The second kappa shape index (κ2) is 13.1. The molecule has 9 nitrogen and oxygen atoms in total. The van der Waals surface area contributed by atoms with Crippen molar-refractivity contribution in [3.05, 3.63) is 59.2 Å². The lowest BCUT2D eigenvalue weighted by Gasteiger charge is -2.34. The zero-order valence-electron chi connectivity index (χ0n) is 22.8. The van der Waals surface area contributed by atoms with Gasteiger partial charge in [-0.25, -0.2) is 4.79 Å². The Hall–Kier alpha value is -3.59. The predicted octanol–water partition coefficient (Wildman–Crippen LogP) is 4.12. The van der Waals surface area contributed by atoms with Gasteiger partial charge in [-0.2, -0.15) is 0 Å². The number of benzene rings is 2. The highest BCUT2D eigenvalue weighted by Crippen LogP contribution is 2.28. The molecule has 2 unspecified atom stereocenters. The minimum atomic E-state index is -1.29. The van der Waals surface area contributed by atoms with Crippen LogP contribution in [0.15, 0.2) is 42.5 Å². The number of nitrogens with one attached hydrogen (secondary N) is 2. The first-order valence-electron chi connectivity index (χ1n) is 12.3. The zero-order chi connectivity index (χ0) is 27.8. The Bertz CT molecular complexity index is 1080. The summed E-state index contributed by atoms with van der Waals surface area (Å²) in [6.07, 6.45) is -0.282. The number of aliphatic hydroxyl groups is 1. The standard InChI is InChI=1S/C28H39N3O6/c1-8-15-31(26(34)23(17-32)30-27(35)37-28(4,5)6)24(22-14-9-18(2)16-19(22)3)25(33)29-20-10-12-21(36-7)13-11-20/h9-14,16,23-24,32H,8,15,17H2,1-7H3,(H,29,33)(H,30,35). The van der Waals surface area contributed by atoms with Crippen LogP contribution in [0, 0.1) is 13.8 Å². The molecule has 2 atom stereocenters. The summed E-state index contributed by atoms with van der Waals surface area (Å²) in [5, 5.41) is 15.3. The van der Waals surface area contributed by atoms with Gasteiger partial charge >= 0.3 is 6.09 Å². The number of amides is 3. The first-order valence-corrected chi connectivity index (χ1v) is 12.3. The number of ether oxygens (including phenoxy) is 2. The third-order valence-corrected chi connectivity index (χ3v) is 5.56. The minimum absolute atomic E-state index is 0.222. The third-order valence-electron chi connectivity index (χ3n) is 5.56. The number of hydrogen-bond donors (Lipinski definition) is 3. The number of nitrogens with zero attached hydrogens (tertiary/aromatic N) is 1. The molecule has 0 radical (unpaired) electrons. The van der Waals surface area contributed by atoms with Crippen LogP contribution in [-0.2, 0) is 14.3 Å². The molecule has 0 spiro atoms. The van der Waals surface area contributed by atoms with Gasteiger partial charge in [-0.15, -0.1) is 0 Å². The number of anilines is 1. The highest BCUT2D eigenvalue weighted by Gasteiger charge is 2.36. The van der Waals surface area contributed by atoms with E-state index in [-0.39, 0.29) is 6.54 Å². The molecule has 0 saturated heterocycles. The molecule has 37 heavy (non-hydrogen) atoms. The van der Waals surface area contributed by atoms with Crippen molar-refractivity contribution in [1.82, 2.24) is 10.2 Å². The van der Waals surface area contributed by atoms with Gasteiger partial charge in [0.05, 0.1) is 13.7 Å². The van der Waals surface area contributed by atoms with Gasteiger partial charge in [-0.3, -0.25) is 9.59 Å². The summed E-state index contributed by atoms with van der Waals surface area (Å²) in [6.45, 7) is 10.4. The van der Waals surface area contributed by atoms with Crippen molar-refractivity contribution in [2.75, 3.05) is 25.6 Å². The predicted molar refractivity (Wildman–Crippen MR) is 143 cm³/mol. The molecular formula is C28H39N3O6. The van der Waals surface area contributed by atoms with Crippen LogP contribution in [0.25, 0.3) is 0 Å². The van der Waals surface area contributed by atoms with Gasteiger partial charge in [0.25, 0.3) is 5.91 Å². The molecule has 0 fully saturated rings. The number of hydrogen-bond acceptors (Lipinski definition) is 6. The topological polar surface area (TPSA) is 117 Å². The lowest BCUT2D eigenvalue weighted by molar-refractivity contribution is -0.141. The van der Waals surface area contributed by atoms with Crippen LogP contribution in [0.1, 0.15) is 56.8 Å². The number of rotatable bonds is 10. The number of carbonyl (C=O) groups is 3. The number of carbonyl (C=O) groups excluding carboxylic acids is 3. The minimum Gasteiger partial charge on any atom is -0.497 e. The SMILES string of the molecule is CCCN(C(=O)C(CO)NC(=O)OC(C)(C)C)C(C(=O)Nc1ccc(OC)cc1)c1ccc(C)cc1C. The Labute approximate surface area is 219 Å². The van der Waals surface area contributed by atoms with E-state index < -0.39 is 42.2 Å². The molecule has 3 N–H and O–H groups in total. The van der Waals surface area contributed by atoms with E-state index in [9.17, 15) is 19.5 Å². The Morgan fingerprint density at radius 3 is 2.22 bits per heavy atom. The van der Waals surface area contributed by atoms with E-state index in [1.165, 1.54) is 4.90 Å². The highest BCUT2D eigenvalue weighted by atomic mass is 16.6. The van der Waals surface area contributed by atoms with Gasteiger partial charge in [0.15, 0.2) is 0 Å². The van der Waals surface area contributed by atoms with Crippen molar-refractivity contribution < 1.29 is 29.0 Å². The molecule has 2 rings (SSSR count). The normalized spacial score (nSPS) is 12.8. The fourth-order valence-corrected chi connectivity index (χ4v) is 3.91. The summed E-state index contributed by atoms with van der Waals surface area (Å²) in [7, 11) is 1.56. The third kappa shape index (κ3) is 8.49. The van der Waals surface area contributed by atoms with Crippen molar-refractivity contribution in [3.8, 4) is 5.75 Å². The number of aliphatic hydroxyl groups excluding tert-OH is 1. The lowest BCUT2D eigenvalue weighted by Crippen LogP contribution is -2.54. The van der Waals surface area contributed by atoms with E-state index in [0.29, 0.717) is 23.4 Å². The van der Waals surface area contributed by atoms with E-state index in [1.54, 1.807) is 52.1 Å². The summed E-state index contributed by atoms with van der Waals surface area (Å²) in [5.41, 5.74) is 2.26. The van der Waals surface area contributed by atoms with Crippen molar-refractivity contribution in [2.24, 2.45) is 0 Å². The van der Waals surface area contributed by atoms with Crippen molar-refractivity contribution in [2.45, 2.75) is 65.6 Å². The second-order valence-corrected chi connectivity index (χ2v) is 9.89. The van der Waals surface area contributed by atoms with E-state index in [1.807, 2.05) is 39.0 Å². The molecule has 0 aliphatic carbocycles. The van der Waals surface area contributed by atoms with E-state index in [4.69, 9.17) is 9.47 Å². The van der Waals surface area contributed by atoms with E-state index in [0.717, 1.165) is 11.1 Å². The Kier molecular flexibility index (Phi) is 10.5. The molecule has 0 bridgehead atoms. The summed E-state index contributed by atoms with van der Waals surface area (Å²) in [5.74, 6) is -0.372. The maximum atomic E-state index is 13.7. The first kappa shape index (κ1) is 29.6. The monoisotopic (exact) mass is 513 g/mol. The van der Waals surface area contributed by atoms with Gasteiger partial charge in [0, 0.05) is 12.2 Å². The van der Waals surface area contributed by atoms with Gasteiger partial charge in [-0.1, -0.05) is 30.7 Å². The number of aryl methyl sites for hydroxylation is 2. The number of alkyl carbamates (subject to hydrolysis) is 1.